The minimum atomic E-state index is 0.153. The number of fused-ring (bicyclic) bond motifs is 1. The summed E-state index contributed by atoms with van der Waals surface area (Å²) in [7, 11) is 0. The first-order chi connectivity index (χ1) is 12.0. The van der Waals surface area contributed by atoms with Crippen molar-refractivity contribution in [1.29, 1.82) is 0 Å². The zero-order valence-corrected chi connectivity index (χ0v) is 15.7. The van der Waals surface area contributed by atoms with Crippen molar-refractivity contribution in [3.63, 3.8) is 0 Å². The normalized spacial score (nSPS) is 15.2. The number of benzene rings is 2. The van der Waals surface area contributed by atoms with Crippen LogP contribution < -0.4 is 0 Å². The van der Waals surface area contributed by atoms with E-state index in [9.17, 15) is 5.11 Å². The Bertz CT molecular complexity index is 996. The predicted molar refractivity (Wildman–Crippen MR) is 105 cm³/mol. The van der Waals surface area contributed by atoms with Crippen molar-refractivity contribution in [3.8, 4) is 5.88 Å². The van der Waals surface area contributed by atoms with Crippen LogP contribution in [0.2, 0.25) is 10.0 Å². The maximum absolute atomic E-state index is 10.8. The van der Waals surface area contributed by atoms with Gasteiger partial charge in [0.1, 0.15) is 5.69 Å². The standard InChI is InChI=1S/C18H15Cl2N3OS/c1-10-2-5-16-13(6-10)17(18(24)23(16)12-8-25-9-12)22-21-15-4-3-11(19)7-14(15)20/h2-7,12,24H,8-9H2,1H3. The summed E-state index contributed by atoms with van der Waals surface area (Å²) in [5.41, 5.74) is 3.07. The van der Waals surface area contributed by atoms with E-state index < -0.39 is 0 Å². The van der Waals surface area contributed by atoms with Gasteiger partial charge in [-0.05, 0) is 37.3 Å². The van der Waals surface area contributed by atoms with Crippen LogP contribution in [0.5, 0.6) is 5.88 Å². The number of aromatic hydroxyl groups is 1. The molecule has 0 saturated carbocycles. The van der Waals surface area contributed by atoms with Crippen molar-refractivity contribution in [2.24, 2.45) is 10.2 Å². The number of azo groups is 1. The summed E-state index contributed by atoms with van der Waals surface area (Å²) in [4.78, 5) is 0. The zero-order valence-electron chi connectivity index (χ0n) is 13.4. The Morgan fingerprint density at radius 1 is 1.12 bits per heavy atom. The largest absolute Gasteiger partial charge is 0.493 e. The topological polar surface area (TPSA) is 49.9 Å². The molecule has 1 saturated heterocycles. The highest BCUT2D eigenvalue weighted by Crippen LogP contribution is 2.45. The van der Waals surface area contributed by atoms with E-state index in [-0.39, 0.29) is 5.88 Å². The van der Waals surface area contributed by atoms with Crippen molar-refractivity contribution < 1.29 is 5.11 Å². The van der Waals surface area contributed by atoms with E-state index >= 15 is 0 Å². The fraction of sp³-hybridized carbons (Fsp3) is 0.222. The molecular weight excluding hydrogens is 377 g/mol. The van der Waals surface area contributed by atoms with E-state index in [4.69, 9.17) is 23.2 Å². The highest BCUT2D eigenvalue weighted by Gasteiger charge is 2.27. The molecule has 3 aromatic rings. The number of nitrogens with zero attached hydrogens (tertiary/aromatic N) is 3. The molecule has 1 aliphatic rings. The molecule has 25 heavy (non-hydrogen) atoms. The lowest BCUT2D eigenvalue weighted by molar-refractivity contribution is 0.406. The number of rotatable bonds is 3. The molecule has 0 atom stereocenters. The van der Waals surface area contributed by atoms with Crippen LogP contribution in [0.1, 0.15) is 11.6 Å². The van der Waals surface area contributed by atoms with Gasteiger partial charge in [0.05, 0.1) is 16.6 Å². The third kappa shape index (κ3) is 3.01. The van der Waals surface area contributed by atoms with Gasteiger partial charge in [0.15, 0.2) is 5.69 Å². The quantitative estimate of drug-likeness (QED) is 0.507. The molecule has 1 aromatic heterocycles. The molecule has 0 amide bonds. The molecule has 1 N–H and O–H groups in total. The fourth-order valence-electron chi connectivity index (χ4n) is 2.91. The summed E-state index contributed by atoms with van der Waals surface area (Å²) in [6.07, 6.45) is 0. The third-order valence-electron chi connectivity index (χ3n) is 4.26. The van der Waals surface area contributed by atoms with Gasteiger partial charge in [0.25, 0.3) is 0 Å². The number of halogens is 2. The maximum Gasteiger partial charge on any atom is 0.221 e. The number of aryl methyl sites for hydroxylation is 1. The van der Waals surface area contributed by atoms with Gasteiger partial charge < -0.3 is 9.67 Å². The highest BCUT2D eigenvalue weighted by atomic mass is 35.5. The number of aromatic nitrogens is 1. The molecular formula is C18H15Cl2N3OS. The van der Waals surface area contributed by atoms with Crippen LogP contribution in [0.3, 0.4) is 0 Å². The second-order valence-corrected chi connectivity index (χ2v) is 7.97. The molecule has 0 spiro atoms. The van der Waals surface area contributed by atoms with Crippen molar-refractivity contribution in [2.75, 3.05) is 11.5 Å². The van der Waals surface area contributed by atoms with Crippen LogP contribution in [0, 0.1) is 6.92 Å². The number of thioether (sulfide) groups is 1. The van der Waals surface area contributed by atoms with E-state index in [1.54, 1.807) is 18.2 Å². The number of hydrogen-bond donors (Lipinski definition) is 1. The van der Waals surface area contributed by atoms with E-state index in [1.165, 1.54) is 0 Å². The lowest BCUT2D eigenvalue weighted by Gasteiger charge is -2.27. The molecule has 2 heterocycles. The summed E-state index contributed by atoms with van der Waals surface area (Å²) in [6, 6.07) is 11.4. The molecule has 4 nitrogen and oxygen atoms in total. The molecule has 0 aliphatic carbocycles. The first-order valence-electron chi connectivity index (χ1n) is 7.82. The molecule has 1 aliphatic heterocycles. The van der Waals surface area contributed by atoms with E-state index in [2.05, 4.69) is 10.2 Å². The van der Waals surface area contributed by atoms with Crippen LogP contribution in [0.4, 0.5) is 11.4 Å². The average molecular weight is 392 g/mol. The van der Waals surface area contributed by atoms with E-state index in [1.807, 2.05) is 41.5 Å². The highest BCUT2D eigenvalue weighted by molar-refractivity contribution is 8.00. The average Bonchev–Trinajstić information content (AvgIpc) is 2.77. The zero-order chi connectivity index (χ0) is 17.6. The van der Waals surface area contributed by atoms with Gasteiger partial charge >= 0.3 is 0 Å². The van der Waals surface area contributed by atoms with Crippen LogP contribution in [0.15, 0.2) is 46.6 Å². The van der Waals surface area contributed by atoms with Gasteiger partial charge in [0, 0.05) is 21.9 Å². The van der Waals surface area contributed by atoms with Crippen LogP contribution in [0.25, 0.3) is 10.9 Å². The van der Waals surface area contributed by atoms with Crippen molar-refractivity contribution in [3.05, 3.63) is 52.0 Å². The Balaban J connectivity index is 1.84. The Morgan fingerprint density at radius 2 is 1.92 bits per heavy atom. The Labute approximate surface area is 159 Å². The van der Waals surface area contributed by atoms with E-state index in [0.717, 1.165) is 28.0 Å². The van der Waals surface area contributed by atoms with Crippen molar-refractivity contribution >= 4 is 57.2 Å². The van der Waals surface area contributed by atoms with Crippen LogP contribution >= 0.6 is 35.0 Å². The Kier molecular flexibility index (Phi) is 4.40. The fourth-order valence-corrected chi connectivity index (χ4v) is 4.10. The van der Waals surface area contributed by atoms with Gasteiger partial charge in [-0.2, -0.15) is 11.8 Å². The monoisotopic (exact) mass is 391 g/mol. The molecule has 2 aromatic carbocycles. The van der Waals surface area contributed by atoms with Gasteiger partial charge in [-0.1, -0.05) is 34.8 Å². The molecule has 4 rings (SSSR count). The summed E-state index contributed by atoms with van der Waals surface area (Å²) < 4.78 is 1.96. The van der Waals surface area contributed by atoms with Gasteiger partial charge in [-0.3, -0.25) is 0 Å². The molecule has 7 heteroatoms. The first kappa shape index (κ1) is 16.8. The molecule has 128 valence electrons. The first-order valence-corrected chi connectivity index (χ1v) is 9.73. The van der Waals surface area contributed by atoms with Gasteiger partial charge in [0.2, 0.25) is 5.88 Å². The molecule has 0 radical (unpaired) electrons. The van der Waals surface area contributed by atoms with Crippen molar-refractivity contribution in [2.45, 2.75) is 13.0 Å². The second kappa shape index (κ2) is 6.56. The maximum atomic E-state index is 10.8. The second-order valence-electron chi connectivity index (χ2n) is 6.05. The van der Waals surface area contributed by atoms with Crippen molar-refractivity contribution in [1.82, 2.24) is 4.57 Å². The number of hydrogen-bond acceptors (Lipinski definition) is 4. The van der Waals surface area contributed by atoms with Crippen LogP contribution in [-0.2, 0) is 0 Å². The lowest BCUT2D eigenvalue weighted by atomic mass is 10.1. The summed E-state index contributed by atoms with van der Waals surface area (Å²) in [5, 5.41) is 21.2. The molecule has 0 bridgehead atoms. The Morgan fingerprint density at radius 3 is 2.60 bits per heavy atom. The third-order valence-corrected chi connectivity index (χ3v) is 6.04. The summed E-state index contributed by atoms with van der Waals surface area (Å²) >= 11 is 13.9. The SMILES string of the molecule is Cc1ccc2c(c1)c(N=Nc1ccc(Cl)cc1Cl)c(O)n2C1CSC1. The van der Waals surface area contributed by atoms with Gasteiger partial charge in [-0.25, -0.2) is 0 Å². The summed E-state index contributed by atoms with van der Waals surface area (Å²) in [5.74, 6) is 2.13. The van der Waals surface area contributed by atoms with E-state index in [0.29, 0.717) is 27.5 Å². The smallest absolute Gasteiger partial charge is 0.221 e. The van der Waals surface area contributed by atoms with Gasteiger partial charge in [-0.15, -0.1) is 10.2 Å². The minimum Gasteiger partial charge on any atom is -0.493 e. The summed E-state index contributed by atoms with van der Waals surface area (Å²) in [6.45, 7) is 2.02. The molecule has 1 fully saturated rings. The predicted octanol–water partition coefficient (Wildman–Crippen LogP) is 6.67. The Hall–Kier alpha value is -1.69. The lowest BCUT2D eigenvalue weighted by Crippen LogP contribution is -2.22. The minimum absolute atomic E-state index is 0.153. The molecule has 0 unspecified atom stereocenters. The van der Waals surface area contributed by atoms with Crippen LogP contribution in [-0.4, -0.2) is 21.2 Å².